The van der Waals surface area contributed by atoms with Crippen molar-refractivity contribution >= 4 is 12.1 Å². The average molecular weight is 390 g/mol. The molecule has 1 aromatic carbocycles. The molecule has 0 amide bonds. The molecule has 0 aliphatic carbocycles. The number of alkyl halides is 3. The van der Waals surface area contributed by atoms with Crippen molar-refractivity contribution in [3.63, 3.8) is 0 Å². The first-order valence-electron chi connectivity index (χ1n) is 5.13. The number of carboxylic acids is 1. The Morgan fingerprint density at radius 3 is 2.00 bits per heavy atom. The van der Waals surface area contributed by atoms with Crippen LogP contribution in [0, 0.1) is 5.82 Å². The molecule has 0 aromatic heterocycles. The van der Waals surface area contributed by atoms with Gasteiger partial charge in [-0.05, 0) is 18.3 Å². The second-order valence-electron chi connectivity index (χ2n) is 3.41. The molecule has 0 fully saturated rings. The fourth-order valence-corrected chi connectivity index (χ4v) is 1.04. The van der Waals surface area contributed by atoms with Crippen LogP contribution in [0.3, 0.4) is 0 Å². The number of aromatic carboxylic acids is 1. The van der Waals surface area contributed by atoms with Crippen molar-refractivity contribution in [2.24, 2.45) is 0 Å². The van der Waals surface area contributed by atoms with Crippen molar-refractivity contribution in [2.75, 3.05) is 6.61 Å². The van der Waals surface area contributed by atoms with Crippen LogP contribution >= 0.6 is 0 Å². The van der Waals surface area contributed by atoms with Gasteiger partial charge in [-0.15, -0.1) is 0 Å². The first kappa shape index (κ1) is 28.6. The van der Waals surface area contributed by atoms with E-state index >= 15 is 0 Å². The zero-order valence-corrected chi connectivity index (χ0v) is 18.4. The molecule has 0 aliphatic rings. The molecule has 118 valence electrons. The molecule has 0 radical (unpaired) electrons. The minimum atomic E-state index is -4.35. The maximum atomic E-state index is 13.1. The molecule has 1 N–H and O–H groups in total. The summed E-state index contributed by atoms with van der Waals surface area (Å²) in [6, 6.07) is 2.77. The van der Waals surface area contributed by atoms with E-state index in [0.29, 0.717) is 0 Å². The summed E-state index contributed by atoms with van der Waals surface area (Å²) in [5, 5.41) is 25.2. The summed E-state index contributed by atoms with van der Waals surface area (Å²) in [5.41, 5.74) is -0.562. The number of carbonyl (C=O) groups excluding carboxylic acids is 1. The third kappa shape index (κ3) is 16.0. The van der Waals surface area contributed by atoms with E-state index in [1.54, 1.807) is 0 Å². The molecule has 6 nitrogen and oxygen atoms in total. The second kappa shape index (κ2) is 14.0. The smallest absolute Gasteiger partial charge is 0.652 e. The van der Waals surface area contributed by atoms with Crippen molar-refractivity contribution in [1.29, 1.82) is 0 Å². The van der Waals surface area contributed by atoms with Gasteiger partial charge in [-0.2, -0.15) is 13.2 Å². The third-order valence-electron chi connectivity index (χ3n) is 1.83. The number of hydrogen-bond acceptors (Lipinski definition) is 5. The zero-order valence-electron chi connectivity index (χ0n) is 12.1. The molecule has 12 heteroatoms. The molecular weight excluding hydrogens is 382 g/mol. The number of carbonyl (C=O) groups is 2. The quantitative estimate of drug-likeness (QED) is 0.406. The Morgan fingerprint density at radius 1 is 1.17 bits per heavy atom. The number of ether oxygens (including phenoxy) is 1. The standard InChI is InChI=1S/C10H8F4O3.CH2O3.2K/c11-8-5-6(1-2-7(8)9(15)16)17-4-3-10(12,13)14;2-1(3)4;;/h1-2,5H,3-4H2,(H,15,16);(H2,2,3,4);;/q;;2*+1/p-2. The van der Waals surface area contributed by atoms with Crippen molar-refractivity contribution in [2.45, 2.75) is 12.6 Å². The van der Waals surface area contributed by atoms with Crippen molar-refractivity contribution in [3.05, 3.63) is 29.6 Å². The average Bonchev–Trinajstić information content (AvgIpc) is 2.25. The molecule has 0 heterocycles. The Morgan fingerprint density at radius 2 is 1.65 bits per heavy atom. The Hall–Kier alpha value is 0.753. The summed E-state index contributed by atoms with van der Waals surface area (Å²) >= 11 is 0. The molecule has 0 spiro atoms. The molecule has 0 bridgehead atoms. The van der Waals surface area contributed by atoms with Gasteiger partial charge in [-0.1, -0.05) is 0 Å². The van der Waals surface area contributed by atoms with Gasteiger partial charge in [0.05, 0.1) is 18.6 Å². The van der Waals surface area contributed by atoms with Crippen LogP contribution in [0.25, 0.3) is 0 Å². The van der Waals surface area contributed by atoms with Gasteiger partial charge >= 0.3 is 115 Å². The van der Waals surface area contributed by atoms with Gasteiger partial charge in [0.15, 0.2) is 0 Å². The Balaban J connectivity index is -0.000000598. The molecule has 1 rings (SSSR count). The van der Waals surface area contributed by atoms with Gasteiger partial charge in [0.2, 0.25) is 0 Å². The van der Waals surface area contributed by atoms with Crippen molar-refractivity contribution in [1.82, 2.24) is 0 Å². The molecule has 0 aliphatic heterocycles. The summed E-state index contributed by atoms with van der Waals surface area (Å²) in [6.45, 7) is -0.643. The van der Waals surface area contributed by atoms with E-state index in [0.717, 1.165) is 18.2 Å². The van der Waals surface area contributed by atoms with Gasteiger partial charge in [0, 0.05) is 6.07 Å². The minimum absolute atomic E-state index is 0. The SMILES string of the molecule is O=C(O)c1ccc(OCCC(F)(F)F)cc1F.O=C([O-])[O-].[K+].[K+]. The Bertz CT molecular complexity index is 506. The maximum absolute atomic E-state index is 13.1. The molecule has 0 unspecified atom stereocenters. The summed E-state index contributed by atoms with van der Waals surface area (Å²) < 4.78 is 53.1. The largest absolute Gasteiger partial charge is 1.00 e. The molecule has 1 aromatic rings. The van der Waals surface area contributed by atoms with E-state index in [-0.39, 0.29) is 109 Å². The van der Waals surface area contributed by atoms with Gasteiger partial charge in [0.25, 0.3) is 0 Å². The van der Waals surface area contributed by atoms with Crippen LogP contribution in [0.1, 0.15) is 16.8 Å². The summed E-state index contributed by atoms with van der Waals surface area (Å²) in [7, 11) is 0. The van der Waals surface area contributed by atoms with E-state index in [1.165, 1.54) is 0 Å². The van der Waals surface area contributed by atoms with E-state index in [2.05, 4.69) is 4.74 Å². The molecule has 0 atom stereocenters. The normalized spacial score (nSPS) is 9.39. The van der Waals surface area contributed by atoms with E-state index in [9.17, 15) is 22.4 Å². The van der Waals surface area contributed by atoms with Crippen LogP contribution in [0.2, 0.25) is 0 Å². The second-order valence-corrected chi connectivity index (χ2v) is 3.41. The predicted molar refractivity (Wildman–Crippen MR) is 54.9 cm³/mol. The Labute approximate surface area is 213 Å². The van der Waals surface area contributed by atoms with Crippen molar-refractivity contribution < 1.29 is 150 Å². The summed E-state index contributed by atoms with van der Waals surface area (Å²) in [5.74, 6) is -2.65. The fourth-order valence-electron chi connectivity index (χ4n) is 1.04. The van der Waals surface area contributed by atoms with Crippen LogP contribution in [0.4, 0.5) is 22.4 Å². The van der Waals surface area contributed by atoms with Gasteiger partial charge < -0.3 is 24.9 Å². The first-order valence-corrected chi connectivity index (χ1v) is 5.13. The maximum Gasteiger partial charge on any atom is 1.00 e. The number of carboxylic acid groups (broad SMARTS) is 3. The number of halogens is 4. The monoisotopic (exact) mass is 390 g/mol. The first-order chi connectivity index (χ1) is 9.53. The number of benzene rings is 1. The summed E-state index contributed by atoms with van der Waals surface area (Å²) in [4.78, 5) is 18.8. The molecule has 23 heavy (non-hydrogen) atoms. The third-order valence-corrected chi connectivity index (χ3v) is 1.83. The van der Waals surface area contributed by atoms with Gasteiger partial charge in [0.1, 0.15) is 11.6 Å². The molecule has 0 saturated carbocycles. The fraction of sp³-hybridized carbons (Fsp3) is 0.273. The zero-order chi connectivity index (χ0) is 16.6. The number of hydrogen-bond donors (Lipinski definition) is 1. The minimum Gasteiger partial charge on any atom is -0.652 e. The van der Waals surface area contributed by atoms with E-state index in [1.807, 2.05) is 0 Å². The van der Waals surface area contributed by atoms with E-state index in [4.69, 9.17) is 20.1 Å². The Kier molecular flexibility index (Phi) is 17.4. The van der Waals surface area contributed by atoms with Crippen LogP contribution in [0.15, 0.2) is 18.2 Å². The van der Waals surface area contributed by atoms with E-state index < -0.39 is 42.7 Å². The van der Waals surface area contributed by atoms with Crippen LogP contribution in [-0.2, 0) is 0 Å². The van der Waals surface area contributed by atoms with Gasteiger partial charge in [-0.25, -0.2) is 9.18 Å². The van der Waals surface area contributed by atoms with Crippen molar-refractivity contribution in [3.8, 4) is 5.75 Å². The van der Waals surface area contributed by atoms with Crippen LogP contribution < -0.4 is 118 Å². The molecular formula is C11H8F4K2O6. The van der Waals surface area contributed by atoms with Crippen LogP contribution in [0.5, 0.6) is 5.75 Å². The predicted octanol–water partition coefficient (Wildman–Crippen LogP) is -5.58. The van der Waals surface area contributed by atoms with Gasteiger partial charge in [-0.3, -0.25) is 0 Å². The summed E-state index contributed by atoms with van der Waals surface area (Å²) in [6.07, 6.45) is -7.84. The number of rotatable bonds is 4. The molecule has 0 saturated heterocycles. The topological polar surface area (TPSA) is 110 Å². The van der Waals surface area contributed by atoms with Crippen LogP contribution in [-0.4, -0.2) is 30.0 Å².